The molecule has 1 fully saturated rings. The van der Waals surface area contributed by atoms with Crippen molar-refractivity contribution in [2.45, 2.75) is 52.5 Å². The molecular formula is C18H29FN2. The number of hydrogen-bond donors (Lipinski definition) is 1. The quantitative estimate of drug-likeness (QED) is 0.795. The first kappa shape index (κ1) is 16.3. The fourth-order valence-corrected chi connectivity index (χ4v) is 3.39. The molecule has 0 radical (unpaired) electrons. The molecule has 0 amide bonds. The van der Waals surface area contributed by atoms with E-state index in [-0.39, 0.29) is 11.9 Å². The highest BCUT2D eigenvalue weighted by Crippen LogP contribution is 2.33. The standard InChI is InChI=1S/C18H29FN2/c1-4-7-15-10-12-21(13-15)17-9-6-8-16(19)18(17)14(3)20-11-5-2/h6,8-9,14-15,20H,4-5,7,10-13H2,1-3H3. The van der Waals surface area contributed by atoms with E-state index in [0.29, 0.717) is 0 Å². The van der Waals surface area contributed by atoms with E-state index in [0.717, 1.165) is 43.2 Å². The van der Waals surface area contributed by atoms with Gasteiger partial charge in [-0.25, -0.2) is 4.39 Å². The van der Waals surface area contributed by atoms with E-state index in [4.69, 9.17) is 0 Å². The Morgan fingerprint density at radius 1 is 1.33 bits per heavy atom. The number of hydrogen-bond acceptors (Lipinski definition) is 2. The topological polar surface area (TPSA) is 15.3 Å². The highest BCUT2D eigenvalue weighted by atomic mass is 19.1. The molecule has 0 aliphatic carbocycles. The lowest BCUT2D eigenvalue weighted by atomic mass is 10.0. The molecule has 3 heteroatoms. The van der Waals surface area contributed by atoms with Gasteiger partial charge in [0.05, 0.1) is 0 Å². The Hall–Kier alpha value is -1.09. The third-order valence-electron chi connectivity index (χ3n) is 4.49. The molecule has 1 N–H and O–H groups in total. The van der Waals surface area contributed by atoms with Gasteiger partial charge in [-0.3, -0.25) is 0 Å². The van der Waals surface area contributed by atoms with E-state index in [1.54, 1.807) is 6.07 Å². The van der Waals surface area contributed by atoms with Crippen LogP contribution in [0.1, 0.15) is 58.1 Å². The second kappa shape index (κ2) is 7.79. The van der Waals surface area contributed by atoms with Crippen LogP contribution < -0.4 is 10.2 Å². The maximum absolute atomic E-state index is 14.4. The van der Waals surface area contributed by atoms with Crippen molar-refractivity contribution < 1.29 is 4.39 Å². The molecule has 1 aliphatic rings. The van der Waals surface area contributed by atoms with E-state index >= 15 is 0 Å². The third kappa shape index (κ3) is 3.97. The molecule has 0 saturated carbocycles. The number of nitrogens with one attached hydrogen (secondary N) is 1. The molecule has 21 heavy (non-hydrogen) atoms. The van der Waals surface area contributed by atoms with Crippen molar-refractivity contribution in [2.75, 3.05) is 24.5 Å². The lowest BCUT2D eigenvalue weighted by Crippen LogP contribution is -2.26. The fourth-order valence-electron chi connectivity index (χ4n) is 3.39. The zero-order valence-electron chi connectivity index (χ0n) is 13.7. The number of rotatable bonds is 7. The molecule has 2 unspecified atom stereocenters. The maximum atomic E-state index is 14.4. The number of halogens is 1. The third-order valence-corrected chi connectivity index (χ3v) is 4.49. The second-order valence-corrected chi connectivity index (χ2v) is 6.24. The molecule has 1 aliphatic heterocycles. The van der Waals surface area contributed by atoms with Gasteiger partial charge in [-0.05, 0) is 50.8 Å². The molecule has 0 bridgehead atoms. The lowest BCUT2D eigenvalue weighted by Gasteiger charge is -2.26. The molecular weight excluding hydrogens is 263 g/mol. The van der Waals surface area contributed by atoms with E-state index in [2.05, 4.69) is 37.1 Å². The summed E-state index contributed by atoms with van der Waals surface area (Å²) in [7, 11) is 0. The van der Waals surface area contributed by atoms with Crippen molar-refractivity contribution in [3.05, 3.63) is 29.6 Å². The molecule has 2 nitrogen and oxygen atoms in total. The van der Waals surface area contributed by atoms with Crippen molar-refractivity contribution in [1.82, 2.24) is 5.32 Å². The highest BCUT2D eigenvalue weighted by molar-refractivity contribution is 5.56. The minimum absolute atomic E-state index is 0.0615. The van der Waals surface area contributed by atoms with Crippen LogP contribution in [0.4, 0.5) is 10.1 Å². The van der Waals surface area contributed by atoms with Gasteiger partial charge in [0, 0.05) is 30.4 Å². The molecule has 2 atom stereocenters. The average molecular weight is 292 g/mol. The largest absolute Gasteiger partial charge is 0.371 e. The molecule has 0 spiro atoms. The van der Waals surface area contributed by atoms with Gasteiger partial charge < -0.3 is 10.2 Å². The van der Waals surface area contributed by atoms with Crippen molar-refractivity contribution in [2.24, 2.45) is 5.92 Å². The van der Waals surface area contributed by atoms with Crippen LogP contribution in [-0.2, 0) is 0 Å². The van der Waals surface area contributed by atoms with Crippen LogP contribution >= 0.6 is 0 Å². The first-order chi connectivity index (χ1) is 10.2. The maximum Gasteiger partial charge on any atom is 0.130 e. The van der Waals surface area contributed by atoms with Gasteiger partial charge in [-0.15, -0.1) is 0 Å². The fraction of sp³-hybridized carbons (Fsp3) is 0.667. The summed E-state index contributed by atoms with van der Waals surface area (Å²) >= 11 is 0. The summed E-state index contributed by atoms with van der Waals surface area (Å²) in [5.74, 6) is 0.688. The highest BCUT2D eigenvalue weighted by Gasteiger charge is 2.26. The first-order valence-corrected chi connectivity index (χ1v) is 8.44. The number of benzene rings is 1. The number of nitrogens with zero attached hydrogens (tertiary/aromatic N) is 1. The summed E-state index contributed by atoms with van der Waals surface area (Å²) in [4.78, 5) is 2.38. The van der Waals surface area contributed by atoms with Gasteiger partial charge in [0.15, 0.2) is 0 Å². The molecule has 1 saturated heterocycles. The Bertz CT molecular complexity index is 447. The number of anilines is 1. The predicted octanol–water partition coefficient (Wildman–Crippen LogP) is 4.51. The SMILES string of the molecule is CCCNC(C)c1c(F)cccc1N1CCC(CCC)C1. The second-order valence-electron chi connectivity index (χ2n) is 6.24. The van der Waals surface area contributed by atoms with E-state index in [1.807, 2.05) is 6.07 Å². The minimum atomic E-state index is -0.0810. The minimum Gasteiger partial charge on any atom is -0.371 e. The molecule has 2 rings (SSSR count). The molecule has 0 aromatic heterocycles. The average Bonchev–Trinajstić information content (AvgIpc) is 2.93. The summed E-state index contributed by atoms with van der Waals surface area (Å²) in [6.07, 6.45) is 4.82. The summed E-state index contributed by atoms with van der Waals surface area (Å²) in [5, 5.41) is 3.42. The first-order valence-electron chi connectivity index (χ1n) is 8.44. The summed E-state index contributed by atoms with van der Waals surface area (Å²) < 4.78 is 14.4. The van der Waals surface area contributed by atoms with E-state index in [1.165, 1.54) is 19.3 Å². The van der Waals surface area contributed by atoms with Gasteiger partial charge in [-0.2, -0.15) is 0 Å². The van der Waals surface area contributed by atoms with Gasteiger partial charge >= 0.3 is 0 Å². The Kier molecular flexibility index (Phi) is 6.04. The Balaban J connectivity index is 2.17. The Labute approximate surface area is 128 Å². The monoisotopic (exact) mass is 292 g/mol. The Morgan fingerprint density at radius 2 is 2.14 bits per heavy atom. The van der Waals surface area contributed by atoms with Crippen LogP contribution in [0, 0.1) is 11.7 Å². The van der Waals surface area contributed by atoms with Gasteiger partial charge in [0.25, 0.3) is 0 Å². The van der Waals surface area contributed by atoms with Gasteiger partial charge in [0.2, 0.25) is 0 Å². The van der Waals surface area contributed by atoms with Crippen LogP contribution in [0.3, 0.4) is 0 Å². The molecule has 118 valence electrons. The van der Waals surface area contributed by atoms with E-state index in [9.17, 15) is 4.39 Å². The van der Waals surface area contributed by atoms with Crippen LogP contribution in [0.2, 0.25) is 0 Å². The molecule has 1 aromatic carbocycles. The van der Waals surface area contributed by atoms with Crippen molar-refractivity contribution in [1.29, 1.82) is 0 Å². The van der Waals surface area contributed by atoms with E-state index < -0.39 is 0 Å². The lowest BCUT2D eigenvalue weighted by molar-refractivity contribution is 0.522. The normalized spacial score (nSPS) is 20.0. The van der Waals surface area contributed by atoms with Crippen LogP contribution in [0.25, 0.3) is 0 Å². The van der Waals surface area contributed by atoms with Crippen molar-refractivity contribution in [3.8, 4) is 0 Å². The molecule has 1 aromatic rings. The summed E-state index contributed by atoms with van der Waals surface area (Å²) in [5.41, 5.74) is 1.92. The van der Waals surface area contributed by atoms with Gasteiger partial charge in [0.1, 0.15) is 5.82 Å². The summed E-state index contributed by atoms with van der Waals surface area (Å²) in [6, 6.07) is 5.57. The van der Waals surface area contributed by atoms with Gasteiger partial charge in [-0.1, -0.05) is 26.3 Å². The summed E-state index contributed by atoms with van der Waals surface area (Å²) in [6.45, 7) is 9.50. The predicted molar refractivity (Wildman–Crippen MR) is 88.3 cm³/mol. The zero-order valence-corrected chi connectivity index (χ0v) is 13.7. The van der Waals surface area contributed by atoms with Crippen molar-refractivity contribution >= 4 is 5.69 Å². The molecule has 1 heterocycles. The van der Waals surface area contributed by atoms with Crippen LogP contribution in [0.15, 0.2) is 18.2 Å². The smallest absolute Gasteiger partial charge is 0.130 e. The zero-order chi connectivity index (χ0) is 15.2. The van der Waals surface area contributed by atoms with Crippen molar-refractivity contribution in [3.63, 3.8) is 0 Å². The van der Waals surface area contributed by atoms with Crippen LogP contribution in [-0.4, -0.2) is 19.6 Å². The van der Waals surface area contributed by atoms with Crippen LogP contribution in [0.5, 0.6) is 0 Å². The Morgan fingerprint density at radius 3 is 2.86 bits per heavy atom.